The Kier molecular flexibility index (Phi) is 3.83. The Hall–Kier alpha value is -2.95. The maximum atomic E-state index is 12.9. The molecule has 4 rings (SSSR count). The molecular weight excluding hydrogens is 300 g/mol. The molecular formula is C19H18N4O. The van der Waals surface area contributed by atoms with E-state index in [2.05, 4.69) is 14.9 Å². The first-order valence-corrected chi connectivity index (χ1v) is 8.12. The Morgan fingerprint density at radius 1 is 0.833 bits per heavy atom. The van der Waals surface area contributed by atoms with Gasteiger partial charge in [-0.2, -0.15) is 0 Å². The Labute approximate surface area is 140 Å². The first-order chi connectivity index (χ1) is 11.8. The van der Waals surface area contributed by atoms with Gasteiger partial charge in [0.15, 0.2) is 0 Å². The monoisotopic (exact) mass is 318 g/mol. The second-order valence-corrected chi connectivity index (χ2v) is 5.85. The minimum absolute atomic E-state index is 0.0976. The van der Waals surface area contributed by atoms with E-state index < -0.39 is 0 Å². The van der Waals surface area contributed by atoms with Crippen LogP contribution in [0.5, 0.6) is 0 Å². The van der Waals surface area contributed by atoms with Crippen LogP contribution in [0.25, 0.3) is 10.8 Å². The fraction of sp³-hybridized carbons (Fsp3) is 0.211. The number of carbonyl (C=O) groups is 1. The minimum Gasteiger partial charge on any atom is -0.337 e. The Bertz CT molecular complexity index is 852. The third-order valence-corrected chi connectivity index (χ3v) is 4.42. The number of aromatic nitrogens is 2. The van der Waals surface area contributed by atoms with Gasteiger partial charge in [-0.3, -0.25) is 4.79 Å². The van der Waals surface area contributed by atoms with Crippen molar-refractivity contribution in [1.82, 2.24) is 14.9 Å². The summed E-state index contributed by atoms with van der Waals surface area (Å²) in [7, 11) is 0. The van der Waals surface area contributed by atoms with Crippen LogP contribution in [0, 0.1) is 0 Å². The number of hydrogen-bond acceptors (Lipinski definition) is 4. The van der Waals surface area contributed by atoms with Crippen molar-refractivity contribution in [2.75, 3.05) is 31.1 Å². The van der Waals surface area contributed by atoms with Gasteiger partial charge in [-0.15, -0.1) is 0 Å². The molecule has 0 atom stereocenters. The Morgan fingerprint density at radius 3 is 2.33 bits per heavy atom. The summed E-state index contributed by atoms with van der Waals surface area (Å²) in [5.74, 6) is 0.829. The van der Waals surface area contributed by atoms with Gasteiger partial charge in [-0.05, 0) is 22.9 Å². The molecule has 2 heterocycles. The van der Waals surface area contributed by atoms with E-state index in [1.54, 1.807) is 12.4 Å². The van der Waals surface area contributed by atoms with E-state index in [9.17, 15) is 4.79 Å². The molecule has 1 aliphatic rings. The largest absolute Gasteiger partial charge is 0.337 e. The second kappa shape index (κ2) is 6.28. The molecule has 120 valence electrons. The van der Waals surface area contributed by atoms with Crippen molar-refractivity contribution >= 4 is 22.6 Å². The highest BCUT2D eigenvalue weighted by molar-refractivity contribution is 6.07. The minimum atomic E-state index is 0.0976. The van der Waals surface area contributed by atoms with E-state index in [0.717, 1.165) is 35.4 Å². The van der Waals surface area contributed by atoms with Crippen LogP contribution in [0.2, 0.25) is 0 Å². The first-order valence-electron chi connectivity index (χ1n) is 8.12. The first kappa shape index (κ1) is 14.6. The van der Waals surface area contributed by atoms with Gasteiger partial charge in [0.2, 0.25) is 5.95 Å². The summed E-state index contributed by atoms with van der Waals surface area (Å²) < 4.78 is 0. The molecule has 0 aliphatic carbocycles. The standard InChI is InChI=1S/C19H18N4O/c24-18(17-8-3-6-15-5-1-2-7-16(15)17)22-11-13-23(14-12-22)19-20-9-4-10-21-19/h1-10H,11-14H2. The quantitative estimate of drug-likeness (QED) is 0.729. The summed E-state index contributed by atoms with van der Waals surface area (Å²) in [5, 5.41) is 2.11. The number of rotatable bonds is 2. The third-order valence-electron chi connectivity index (χ3n) is 4.42. The van der Waals surface area contributed by atoms with Crippen LogP contribution in [0.4, 0.5) is 5.95 Å². The zero-order valence-corrected chi connectivity index (χ0v) is 13.3. The molecule has 2 aromatic carbocycles. The Balaban J connectivity index is 1.52. The molecule has 0 unspecified atom stereocenters. The van der Waals surface area contributed by atoms with Crippen molar-refractivity contribution in [2.45, 2.75) is 0 Å². The van der Waals surface area contributed by atoms with Crippen molar-refractivity contribution in [1.29, 1.82) is 0 Å². The maximum Gasteiger partial charge on any atom is 0.254 e. The number of anilines is 1. The molecule has 0 radical (unpaired) electrons. The molecule has 5 nitrogen and oxygen atoms in total. The number of carbonyl (C=O) groups excluding carboxylic acids is 1. The third kappa shape index (κ3) is 2.69. The molecule has 1 saturated heterocycles. The summed E-state index contributed by atoms with van der Waals surface area (Å²) in [4.78, 5) is 25.5. The van der Waals surface area contributed by atoms with E-state index in [0.29, 0.717) is 13.1 Å². The van der Waals surface area contributed by atoms with E-state index in [1.807, 2.05) is 53.4 Å². The van der Waals surface area contributed by atoms with Crippen LogP contribution in [0.15, 0.2) is 60.9 Å². The molecule has 0 saturated carbocycles. The van der Waals surface area contributed by atoms with Gasteiger partial charge in [0, 0.05) is 44.1 Å². The lowest BCUT2D eigenvalue weighted by molar-refractivity contribution is 0.0748. The average Bonchev–Trinajstić information content (AvgIpc) is 2.68. The van der Waals surface area contributed by atoms with Gasteiger partial charge >= 0.3 is 0 Å². The SMILES string of the molecule is O=C(c1cccc2ccccc12)N1CCN(c2ncccn2)CC1. The fourth-order valence-electron chi connectivity index (χ4n) is 3.15. The van der Waals surface area contributed by atoms with Gasteiger partial charge < -0.3 is 9.80 Å². The topological polar surface area (TPSA) is 49.3 Å². The van der Waals surface area contributed by atoms with Crippen molar-refractivity contribution in [3.05, 3.63) is 66.5 Å². The van der Waals surface area contributed by atoms with Crippen molar-refractivity contribution in [3.63, 3.8) is 0 Å². The molecule has 5 heteroatoms. The predicted octanol–water partition coefficient (Wildman–Crippen LogP) is 2.59. The van der Waals surface area contributed by atoms with Crippen molar-refractivity contribution in [3.8, 4) is 0 Å². The molecule has 0 N–H and O–H groups in total. The van der Waals surface area contributed by atoms with Gasteiger partial charge in [0.1, 0.15) is 0 Å². The van der Waals surface area contributed by atoms with E-state index in [4.69, 9.17) is 0 Å². The molecule has 3 aromatic rings. The van der Waals surface area contributed by atoms with E-state index in [-0.39, 0.29) is 5.91 Å². The highest BCUT2D eigenvalue weighted by Crippen LogP contribution is 2.21. The summed E-state index contributed by atoms with van der Waals surface area (Å²) in [6.07, 6.45) is 3.49. The number of benzene rings is 2. The summed E-state index contributed by atoms with van der Waals surface area (Å²) in [6, 6.07) is 15.7. The Morgan fingerprint density at radius 2 is 1.54 bits per heavy atom. The second-order valence-electron chi connectivity index (χ2n) is 5.85. The van der Waals surface area contributed by atoms with Crippen LogP contribution in [-0.2, 0) is 0 Å². The van der Waals surface area contributed by atoms with E-state index >= 15 is 0 Å². The van der Waals surface area contributed by atoms with Crippen LogP contribution in [0.1, 0.15) is 10.4 Å². The highest BCUT2D eigenvalue weighted by atomic mass is 16.2. The van der Waals surface area contributed by atoms with Crippen molar-refractivity contribution < 1.29 is 4.79 Å². The van der Waals surface area contributed by atoms with Gasteiger partial charge in [-0.1, -0.05) is 36.4 Å². The summed E-state index contributed by atoms with van der Waals surface area (Å²) >= 11 is 0. The zero-order chi connectivity index (χ0) is 16.4. The van der Waals surface area contributed by atoms with Crippen LogP contribution >= 0.6 is 0 Å². The molecule has 1 amide bonds. The van der Waals surface area contributed by atoms with Gasteiger partial charge in [0.05, 0.1) is 0 Å². The van der Waals surface area contributed by atoms with Crippen LogP contribution < -0.4 is 4.90 Å². The average molecular weight is 318 g/mol. The molecule has 0 spiro atoms. The number of hydrogen-bond donors (Lipinski definition) is 0. The molecule has 0 bridgehead atoms. The normalized spacial score (nSPS) is 14.8. The zero-order valence-electron chi connectivity index (χ0n) is 13.3. The van der Waals surface area contributed by atoms with Crippen molar-refractivity contribution in [2.24, 2.45) is 0 Å². The lowest BCUT2D eigenvalue weighted by Crippen LogP contribution is -2.49. The number of nitrogens with zero attached hydrogens (tertiary/aromatic N) is 4. The highest BCUT2D eigenvalue weighted by Gasteiger charge is 2.24. The van der Waals surface area contributed by atoms with Crippen LogP contribution in [0.3, 0.4) is 0 Å². The van der Waals surface area contributed by atoms with Gasteiger partial charge in [0.25, 0.3) is 5.91 Å². The molecule has 24 heavy (non-hydrogen) atoms. The molecule has 1 aliphatic heterocycles. The van der Waals surface area contributed by atoms with Gasteiger partial charge in [-0.25, -0.2) is 9.97 Å². The summed E-state index contributed by atoms with van der Waals surface area (Å²) in [5.41, 5.74) is 0.775. The number of piperazine rings is 1. The van der Waals surface area contributed by atoms with Crippen LogP contribution in [-0.4, -0.2) is 47.0 Å². The molecule has 1 aromatic heterocycles. The lowest BCUT2D eigenvalue weighted by Gasteiger charge is -2.34. The molecule has 1 fully saturated rings. The van der Waals surface area contributed by atoms with E-state index in [1.165, 1.54) is 0 Å². The summed E-state index contributed by atoms with van der Waals surface area (Å²) in [6.45, 7) is 2.86. The number of amides is 1. The smallest absolute Gasteiger partial charge is 0.254 e. The maximum absolute atomic E-state index is 12.9. The predicted molar refractivity (Wildman–Crippen MR) is 94.1 cm³/mol. The number of fused-ring (bicyclic) bond motifs is 1. The fourth-order valence-corrected chi connectivity index (χ4v) is 3.15. The lowest BCUT2D eigenvalue weighted by atomic mass is 10.0.